The van der Waals surface area contributed by atoms with Crippen molar-refractivity contribution >= 4 is 60.7 Å². The second-order valence-electron chi connectivity index (χ2n) is 11.0. The van der Waals surface area contributed by atoms with E-state index in [1.807, 2.05) is 23.5 Å². The van der Waals surface area contributed by atoms with Crippen LogP contribution in [0.5, 0.6) is 0 Å². The van der Waals surface area contributed by atoms with E-state index in [1.54, 1.807) is 0 Å². The van der Waals surface area contributed by atoms with Crippen LogP contribution in [0.15, 0.2) is 140 Å². The summed E-state index contributed by atoms with van der Waals surface area (Å²) in [6.45, 7) is 12.8. The predicted molar refractivity (Wildman–Crippen MR) is 188 cm³/mol. The lowest BCUT2D eigenvalue weighted by atomic mass is 9.96. The zero-order chi connectivity index (χ0) is 29.5. The van der Waals surface area contributed by atoms with Crippen LogP contribution >= 0.6 is 11.3 Å². The second kappa shape index (κ2) is 11.0. The topological polar surface area (TPSA) is 8.17 Å². The highest BCUT2D eigenvalue weighted by Gasteiger charge is 2.25. The summed E-state index contributed by atoms with van der Waals surface area (Å²) in [6.07, 6.45) is 18.9. The highest BCUT2D eigenvalue weighted by atomic mass is 32.1. The van der Waals surface area contributed by atoms with Gasteiger partial charge in [0.25, 0.3) is 0 Å². The molecule has 3 heterocycles. The number of hydrogen-bond donors (Lipinski definition) is 0. The fourth-order valence-electron chi connectivity index (χ4n) is 6.29. The van der Waals surface area contributed by atoms with Crippen molar-refractivity contribution in [1.29, 1.82) is 0 Å². The molecule has 1 aliphatic carbocycles. The molecular formula is C40H32N2S. The average Bonchev–Trinajstić information content (AvgIpc) is 3.49. The van der Waals surface area contributed by atoms with Crippen molar-refractivity contribution in [2.75, 3.05) is 4.90 Å². The number of anilines is 1. The van der Waals surface area contributed by atoms with Crippen molar-refractivity contribution in [3.63, 3.8) is 0 Å². The number of fused-ring (bicyclic) bond motifs is 6. The molecule has 2 atom stereocenters. The van der Waals surface area contributed by atoms with Gasteiger partial charge in [-0.2, -0.15) is 0 Å². The van der Waals surface area contributed by atoms with E-state index >= 15 is 0 Å². The molecular weight excluding hydrogens is 541 g/mol. The second-order valence-corrected chi connectivity index (χ2v) is 12.0. The van der Waals surface area contributed by atoms with Gasteiger partial charge in [-0.1, -0.05) is 97.9 Å². The van der Waals surface area contributed by atoms with E-state index in [0.717, 1.165) is 11.4 Å². The molecule has 2 unspecified atom stereocenters. The van der Waals surface area contributed by atoms with Gasteiger partial charge in [-0.05, 0) is 78.9 Å². The Kier molecular flexibility index (Phi) is 6.86. The molecule has 43 heavy (non-hydrogen) atoms. The first-order chi connectivity index (χ1) is 21.0. The standard InChI is InChI=1S/C40H32N2S/c1-5-6-15-33-29(4)42(31-14-8-7-13-30(33)21-22-31)32-23-25-40-36(26-32)28(3)39(43-40)24-20-27(2)41-37-18-11-9-16-34(37)35-17-10-12-19-38(35)41/h5-20,23-26,30-31H,1-2H2,3-4H3/b13-7-,14-8-,15-6-,24-20-. The molecule has 208 valence electrons. The monoisotopic (exact) mass is 572 g/mol. The van der Waals surface area contributed by atoms with Crippen LogP contribution in [-0.4, -0.2) is 10.6 Å². The molecule has 2 bridgehead atoms. The van der Waals surface area contributed by atoms with E-state index in [2.05, 4.69) is 158 Å². The molecule has 2 aromatic heterocycles. The van der Waals surface area contributed by atoms with Crippen LogP contribution in [0.3, 0.4) is 0 Å². The van der Waals surface area contributed by atoms with Crippen LogP contribution in [0.25, 0.3) is 43.7 Å². The van der Waals surface area contributed by atoms with Gasteiger partial charge in [0, 0.05) is 37.4 Å². The zero-order valence-corrected chi connectivity index (χ0v) is 25.2. The van der Waals surface area contributed by atoms with Gasteiger partial charge in [-0.25, -0.2) is 0 Å². The molecule has 0 fully saturated rings. The number of benzene rings is 3. The molecule has 0 saturated heterocycles. The zero-order valence-electron chi connectivity index (χ0n) is 24.4. The molecule has 0 spiro atoms. The summed E-state index contributed by atoms with van der Waals surface area (Å²) in [5.74, 6) is 7.08. The Labute approximate surface area is 257 Å². The Morgan fingerprint density at radius 1 is 0.860 bits per heavy atom. The number of aromatic nitrogens is 1. The first-order valence-electron chi connectivity index (χ1n) is 14.6. The third-order valence-electron chi connectivity index (χ3n) is 8.43. The van der Waals surface area contributed by atoms with Crippen LogP contribution in [0.4, 0.5) is 5.69 Å². The minimum Gasteiger partial charge on any atom is -0.327 e. The van der Waals surface area contributed by atoms with Gasteiger partial charge >= 0.3 is 0 Å². The molecule has 0 radical (unpaired) electrons. The lowest BCUT2D eigenvalue weighted by Gasteiger charge is -2.30. The lowest BCUT2D eigenvalue weighted by Crippen LogP contribution is -2.31. The van der Waals surface area contributed by atoms with Gasteiger partial charge in [0.2, 0.25) is 0 Å². The molecule has 0 amide bonds. The Bertz CT molecular complexity index is 2110. The lowest BCUT2D eigenvalue weighted by molar-refractivity contribution is 0.893. The van der Waals surface area contributed by atoms with Crippen molar-refractivity contribution in [2.24, 2.45) is 5.92 Å². The van der Waals surface area contributed by atoms with Crippen LogP contribution in [0, 0.1) is 24.7 Å². The number of nitrogens with zero attached hydrogens (tertiary/aromatic N) is 2. The fraction of sp³-hybridized carbons (Fsp3) is 0.100. The number of rotatable bonds is 6. The number of aryl methyl sites for hydroxylation is 1. The van der Waals surface area contributed by atoms with Crippen molar-refractivity contribution in [2.45, 2.75) is 19.9 Å². The number of para-hydroxylation sites is 2. The SMILES string of the molecule is C=C/C=C\C1=C(C)N(c2ccc3sc(/C=C\C(=C)n4c5ccccc5c5ccccc54)c(C)c3c2)C2C#CC1/C=C\C=C/2. The van der Waals surface area contributed by atoms with Crippen molar-refractivity contribution in [3.05, 3.63) is 150 Å². The van der Waals surface area contributed by atoms with Gasteiger partial charge < -0.3 is 9.47 Å². The first-order valence-corrected chi connectivity index (χ1v) is 15.4. The van der Waals surface area contributed by atoms with Gasteiger partial charge in [-0.3, -0.25) is 0 Å². The maximum absolute atomic E-state index is 4.49. The van der Waals surface area contributed by atoms with E-state index < -0.39 is 0 Å². The van der Waals surface area contributed by atoms with Crippen molar-refractivity contribution in [3.8, 4) is 11.8 Å². The van der Waals surface area contributed by atoms with Gasteiger partial charge in [-0.15, -0.1) is 11.3 Å². The normalized spacial score (nSPS) is 19.6. The Morgan fingerprint density at radius 3 is 2.33 bits per heavy atom. The summed E-state index contributed by atoms with van der Waals surface area (Å²) in [4.78, 5) is 3.61. The Hall–Kier alpha value is -5.04. The van der Waals surface area contributed by atoms with E-state index in [1.165, 1.54) is 53.6 Å². The molecule has 7 rings (SSSR count). The summed E-state index contributed by atoms with van der Waals surface area (Å²) in [7, 11) is 0. The predicted octanol–water partition coefficient (Wildman–Crippen LogP) is 10.5. The Balaban J connectivity index is 1.27. The highest BCUT2D eigenvalue weighted by molar-refractivity contribution is 7.20. The average molecular weight is 573 g/mol. The molecule has 0 N–H and O–H groups in total. The smallest absolute Gasteiger partial charge is 0.114 e. The minimum absolute atomic E-state index is 0.0348. The molecule has 3 aromatic carbocycles. The maximum atomic E-state index is 4.49. The van der Waals surface area contributed by atoms with E-state index in [0.29, 0.717) is 0 Å². The third kappa shape index (κ3) is 4.61. The van der Waals surface area contributed by atoms with Crippen molar-refractivity contribution < 1.29 is 0 Å². The van der Waals surface area contributed by atoms with Crippen LogP contribution in [-0.2, 0) is 0 Å². The third-order valence-corrected chi connectivity index (χ3v) is 9.67. The molecule has 2 nitrogen and oxygen atoms in total. The summed E-state index contributed by atoms with van der Waals surface area (Å²) < 4.78 is 3.53. The molecule has 1 aliphatic heterocycles. The summed E-state index contributed by atoms with van der Waals surface area (Å²) in [5, 5.41) is 3.76. The molecule has 5 aromatic rings. The minimum atomic E-state index is -0.0348. The molecule has 3 heteroatoms. The summed E-state index contributed by atoms with van der Waals surface area (Å²) in [5.41, 5.74) is 8.10. The molecule has 0 saturated carbocycles. The van der Waals surface area contributed by atoms with E-state index in [4.69, 9.17) is 0 Å². The molecule has 2 aliphatic rings. The van der Waals surface area contributed by atoms with Crippen molar-refractivity contribution in [1.82, 2.24) is 4.57 Å². The number of allylic oxidation sites excluding steroid dienone is 10. The van der Waals surface area contributed by atoms with Crippen LogP contribution < -0.4 is 4.90 Å². The van der Waals surface area contributed by atoms with Gasteiger partial charge in [0.05, 0.1) is 17.0 Å². The van der Waals surface area contributed by atoms with Gasteiger partial charge in [0.1, 0.15) is 6.04 Å². The first kappa shape index (κ1) is 26.8. The van der Waals surface area contributed by atoms with E-state index in [-0.39, 0.29) is 12.0 Å². The maximum Gasteiger partial charge on any atom is 0.114 e. The summed E-state index contributed by atoms with van der Waals surface area (Å²) in [6, 6.07) is 23.9. The number of hydrogen-bond acceptors (Lipinski definition) is 2. The number of thiophene rings is 1. The largest absolute Gasteiger partial charge is 0.327 e. The summed E-state index contributed by atoms with van der Waals surface area (Å²) >= 11 is 1.82. The van der Waals surface area contributed by atoms with Crippen LogP contribution in [0.1, 0.15) is 17.4 Å². The van der Waals surface area contributed by atoms with Crippen LogP contribution in [0.2, 0.25) is 0 Å². The Morgan fingerprint density at radius 2 is 1.58 bits per heavy atom. The quantitative estimate of drug-likeness (QED) is 0.145. The highest BCUT2D eigenvalue weighted by Crippen LogP contribution is 2.38. The van der Waals surface area contributed by atoms with E-state index in [9.17, 15) is 0 Å². The fourth-order valence-corrected chi connectivity index (χ4v) is 7.38. The van der Waals surface area contributed by atoms with Gasteiger partial charge in [0.15, 0.2) is 0 Å².